The maximum atomic E-state index is 12.5. The number of benzene rings is 2. The Kier molecular flexibility index (Phi) is 16.5. The summed E-state index contributed by atoms with van der Waals surface area (Å²) in [5, 5.41) is 0. The van der Waals surface area contributed by atoms with Crippen LogP contribution in [0.3, 0.4) is 0 Å². The van der Waals surface area contributed by atoms with E-state index in [-0.39, 0.29) is 6.61 Å². The molecule has 6 heteroatoms. The predicted molar refractivity (Wildman–Crippen MR) is 156 cm³/mol. The van der Waals surface area contributed by atoms with Gasteiger partial charge in [-0.1, -0.05) is 78.1 Å². The maximum absolute atomic E-state index is 12.5. The van der Waals surface area contributed by atoms with Crippen molar-refractivity contribution in [3.05, 3.63) is 59.7 Å². The molecule has 2 aromatic carbocycles. The molecule has 0 aliphatic heterocycles. The smallest absolute Gasteiger partial charge is 0.338 e. The van der Waals surface area contributed by atoms with Crippen LogP contribution in [0.4, 0.5) is 0 Å². The minimum absolute atomic E-state index is 0.0275. The SMILES string of the molecule is CCCCCCCCOc1ccc(C(=O)OCC(C)OC(=O)c2ccc(OCCCCCCCC)cc2)cc1. The molecule has 1 unspecified atom stereocenters. The second-order valence-electron chi connectivity index (χ2n) is 10.1. The molecule has 6 nitrogen and oxygen atoms in total. The molecule has 0 heterocycles. The molecule has 1 atom stereocenters. The van der Waals surface area contributed by atoms with Gasteiger partial charge in [-0.15, -0.1) is 0 Å². The van der Waals surface area contributed by atoms with Crippen molar-refractivity contribution in [3.8, 4) is 11.5 Å². The number of unbranched alkanes of at least 4 members (excludes halogenated alkanes) is 10. The van der Waals surface area contributed by atoms with Gasteiger partial charge < -0.3 is 18.9 Å². The van der Waals surface area contributed by atoms with Crippen molar-refractivity contribution in [3.63, 3.8) is 0 Å². The van der Waals surface area contributed by atoms with Crippen LogP contribution < -0.4 is 9.47 Å². The van der Waals surface area contributed by atoms with Gasteiger partial charge in [-0.3, -0.25) is 0 Å². The van der Waals surface area contributed by atoms with Gasteiger partial charge in [-0.05, 0) is 68.3 Å². The maximum Gasteiger partial charge on any atom is 0.338 e. The Bertz CT molecular complexity index is 922. The normalized spacial score (nSPS) is 11.6. The number of ether oxygens (including phenoxy) is 4. The van der Waals surface area contributed by atoms with Gasteiger partial charge in [0.1, 0.15) is 24.2 Å². The molecule has 0 N–H and O–H groups in total. The topological polar surface area (TPSA) is 71.1 Å². The third-order valence-corrected chi connectivity index (χ3v) is 6.47. The van der Waals surface area contributed by atoms with Gasteiger partial charge >= 0.3 is 11.9 Å². The fraction of sp³-hybridized carbons (Fsp3) is 0.576. The van der Waals surface area contributed by atoms with Crippen LogP contribution >= 0.6 is 0 Å². The third-order valence-electron chi connectivity index (χ3n) is 6.47. The number of hydrogen-bond donors (Lipinski definition) is 0. The molecular formula is C33H48O6. The summed E-state index contributed by atoms with van der Waals surface area (Å²) >= 11 is 0. The van der Waals surface area contributed by atoms with Gasteiger partial charge in [0.15, 0.2) is 0 Å². The van der Waals surface area contributed by atoms with E-state index < -0.39 is 18.0 Å². The van der Waals surface area contributed by atoms with Crippen LogP contribution in [-0.4, -0.2) is 37.9 Å². The first kappa shape index (κ1) is 32.2. The Hall–Kier alpha value is -3.02. The first-order valence-electron chi connectivity index (χ1n) is 14.9. The average Bonchev–Trinajstić information content (AvgIpc) is 2.95. The number of carbonyl (C=O) groups is 2. The van der Waals surface area contributed by atoms with Crippen LogP contribution in [0.15, 0.2) is 48.5 Å². The molecule has 0 spiro atoms. The molecule has 2 aromatic rings. The second-order valence-corrected chi connectivity index (χ2v) is 10.1. The zero-order valence-electron chi connectivity index (χ0n) is 24.3. The molecular weight excluding hydrogens is 492 g/mol. The lowest BCUT2D eigenvalue weighted by Gasteiger charge is -2.14. The Labute approximate surface area is 235 Å². The largest absolute Gasteiger partial charge is 0.494 e. The van der Waals surface area contributed by atoms with Crippen LogP contribution in [0.2, 0.25) is 0 Å². The van der Waals surface area contributed by atoms with Gasteiger partial charge in [0.05, 0.1) is 24.3 Å². The van der Waals surface area contributed by atoms with Gasteiger partial charge in [0.25, 0.3) is 0 Å². The summed E-state index contributed by atoms with van der Waals surface area (Å²) in [6.07, 6.45) is 14.0. The molecule has 0 bridgehead atoms. The van der Waals surface area contributed by atoms with Crippen LogP contribution in [0, 0.1) is 0 Å². The Morgan fingerprint density at radius 2 is 1.00 bits per heavy atom. The van der Waals surface area contributed by atoms with Crippen molar-refractivity contribution in [1.29, 1.82) is 0 Å². The lowest BCUT2D eigenvalue weighted by molar-refractivity contribution is 0.00447. The van der Waals surface area contributed by atoms with Crippen molar-refractivity contribution in [1.82, 2.24) is 0 Å². The van der Waals surface area contributed by atoms with Crippen LogP contribution in [0.25, 0.3) is 0 Å². The lowest BCUT2D eigenvalue weighted by Crippen LogP contribution is -2.22. The van der Waals surface area contributed by atoms with Crippen molar-refractivity contribution < 1.29 is 28.5 Å². The Morgan fingerprint density at radius 1 is 0.590 bits per heavy atom. The zero-order chi connectivity index (χ0) is 28.1. The quantitative estimate of drug-likeness (QED) is 0.117. The molecule has 0 aliphatic carbocycles. The number of hydrogen-bond acceptors (Lipinski definition) is 6. The highest BCUT2D eigenvalue weighted by atomic mass is 16.6. The molecule has 0 radical (unpaired) electrons. The molecule has 216 valence electrons. The third kappa shape index (κ3) is 14.1. The van der Waals surface area contributed by atoms with Gasteiger partial charge in [0.2, 0.25) is 0 Å². The van der Waals surface area contributed by atoms with E-state index in [4.69, 9.17) is 18.9 Å². The molecule has 0 amide bonds. The fourth-order valence-corrected chi connectivity index (χ4v) is 4.08. The highest BCUT2D eigenvalue weighted by molar-refractivity contribution is 5.90. The number of carbonyl (C=O) groups excluding carboxylic acids is 2. The number of rotatable bonds is 21. The van der Waals surface area contributed by atoms with E-state index in [0.717, 1.165) is 24.3 Å². The molecule has 39 heavy (non-hydrogen) atoms. The van der Waals surface area contributed by atoms with Crippen LogP contribution in [0.5, 0.6) is 11.5 Å². The highest BCUT2D eigenvalue weighted by Crippen LogP contribution is 2.16. The molecule has 0 fully saturated rings. The summed E-state index contributed by atoms with van der Waals surface area (Å²) in [5.74, 6) is 0.544. The summed E-state index contributed by atoms with van der Waals surface area (Å²) in [6, 6.07) is 13.9. The summed E-state index contributed by atoms with van der Waals surface area (Å²) in [6.45, 7) is 7.45. The van der Waals surface area contributed by atoms with E-state index in [1.54, 1.807) is 55.5 Å². The molecule has 0 aliphatic rings. The molecule has 0 aromatic heterocycles. The second kappa shape index (κ2) is 20.0. The van der Waals surface area contributed by atoms with Gasteiger partial charge in [-0.25, -0.2) is 9.59 Å². The summed E-state index contributed by atoms with van der Waals surface area (Å²) in [5.41, 5.74) is 0.855. The monoisotopic (exact) mass is 540 g/mol. The van der Waals surface area contributed by atoms with Crippen molar-refractivity contribution in [2.75, 3.05) is 19.8 Å². The van der Waals surface area contributed by atoms with Crippen LogP contribution in [0.1, 0.15) is 119 Å². The molecule has 2 rings (SSSR count). The standard InChI is InChI=1S/C33H48O6/c1-4-6-8-10-12-14-24-36-30-20-16-28(17-21-30)32(34)38-26-27(3)39-33(35)29-18-22-31(23-19-29)37-25-15-13-11-9-7-5-2/h16-23,27H,4-15,24-26H2,1-3H3. The zero-order valence-corrected chi connectivity index (χ0v) is 24.3. The van der Waals surface area contributed by atoms with E-state index in [1.807, 2.05) is 0 Å². The van der Waals surface area contributed by atoms with E-state index in [0.29, 0.717) is 24.3 Å². The van der Waals surface area contributed by atoms with E-state index in [2.05, 4.69) is 13.8 Å². The summed E-state index contributed by atoms with van der Waals surface area (Å²) < 4.78 is 22.3. The fourth-order valence-electron chi connectivity index (χ4n) is 4.08. The Morgan fingerprint density at radius 3 is 1.46 bits per heavy atom. The summed E-state index contributed by atoms with van der Waals surface area (Å²) in [7, 11) is 0. The van der Waals surface area contributed by atoms with Crippen molar-refractivity contribution >= 4 is 11.9 Å². The van der Waals surface area contributed by atoms with E-state index in [1.165, 1.54) is 64.2 Å². The van der Waals surface area contributed by atoms with Gasteiger partial charge in [0, 0.05) is 0 Å². The minimum atomic E-state index is -0.579. The minimum Gasteiger partial charge on any atom is -0.494 e. The lowest BCUT2D eigenvalue weighted by atomic mass is 10.1. The van der Waals surface area contributed by atoms with E-state index >= 15 is 0 Å². The van der Waals surface area contributed by atoms with E-state index in [9.17, 15) is 9.59 Å². The summed E-state index contributed by atoms with van der Waals surface area (Å²) in [4.78, 5) is 24.9. The predicted octanol–water partition coefficient (Wildman–Crippen LogP) is 8.57. The van der Waals surface area contributed by atoms with Gasteiger partial charge in [-0.2, -0.15) is 0 Å². The number of esters is 2. The van der Waals surface area contributed by atoms with Crippen LogP contribution in [-0.2, 0) is 9.47 Å². The Balaban J connectivity index is 1.63. The van der Waals surface area contributed by atoms with Crippen molar-refractivity contribution in [2.24, 2.45) is 0 Å². The molecule has 0 saturated heterocycles. The molecule has 0 saturated carbocycles. The van der Waals surface area contributed by atoms with Crippen molar-refractivity contribution in [2.45, 2.75) is 104 Å². The first-order valence-corrected chi connectivity index (χ1v) is 14.9. The first-order chi connectivity index (χ1) is 19.0. The highest BCUT2D eigenvalue weighted by Gasteiger charge is 2.15. The average molecular weight is 541 g/mol.